The van der Waals surface area contributed by atoms with Crippen molar-refractivity contribution in [3.63, 3.8) is 0 Å². The molecule has 0 atom stereocenters. The number of methoxy groups -OCH3 is 1. The minimum atomic E-state index is 0.0595. The lowest BCUT2D eigenvalue weighted by molar-refractivity contribution is 0.338. The van der Waals surface area contributed by atoms with Crippen LogP contribution in [0.4, 0.5) is 0 Å². The van der Waals surface area contributed by atoms with E-state index in [2.05, 4.69) is 9.97 Å². The van der Waals surface area contributed by atoms with E-state index >= 15 is 0 Å². The fourth-order valence-corrected chi connectivity index (χ4v) is 2.33. The Hall–Kier alpha value is -3.28. The van der Waals surface area contributed by atoms with Crippen LogP contribution in [-0.2, 0) is 0 Å². The zero-order valence-electron chi connectivity index (χ0n) is 14.0. The first-order valence-electron chi connectivity index (χ1n) is 7.79. The fraction of sp³-hybridized carbons (Fsp3) is 0.158. The molecular formula is C19H18N2O4. The van der Waals surface area contributed by atoms with E-state index in [1.807, 2.05) is 6.92 Å². The summed E-state index contributed by atoms with van der Waals surface area (Å²) in [5.41, 5.74) is 1.03. The molecule has 0 aliphatic carbocycles. The number of nitrogens with zero attached hydrogens (tertiary/aromatic N) is 2. The molecule has 3 aromatic rings. The molecule has 0 aliphatic rings. The van der Waals surface area contributed by atoms with Crippen molar-refractivity contribution in [1.29, 1.82) is 0 Å². The second-order valence-corrected chi connectivity index (χ2v) is 5.13. The quantitative estimate of drug-likeness (QED) is 0.731. The van der Waals surface area contributed by atoms with Crippen LogP contribution in [-0.4, -0.2) is 28.8 Å². The Morgan fingerprint density at radius 3 is 2.40 bits per heavy atom. The number of rotatable bonds is 6. The Morgan fingerprint density at radius 1 is 1.00 bits per heavy atom. The number of phenolic OH excluding ortho intramolecular Hbond substituents is 1. The molecule has 3 rings (SSSR count). The number of hydrogen-bond donors (Lipinski definition) is 1. The molecule has 0 saturated heterocycles. The Kier molecular flexibility index (Phi) is 4.99. The first-order chi connectivity index (χ1) is 12.2. The predicted octanol–water partition coefficient (Wildman–Crippen LogP) is 4.05. The first kappa shape index (κ1) is 16.6. The van der Waals surface area contributed by atoms with Crippen molar-refractivity contribution >= 4 is 0 Å². The Balaban J connectivity index is 1.92. The van der Waals surface area contributed by atoms with Gasteiger partial charge in [-0.05, 0) is 43.3 Å². The summed E-state index contributed by atoms with van der Waals surface area (Å²) in [6.45, 7) is 2.41. The average molecular weight is 338 g/mol. The number of benzene rings is 2. The van der Waals surface area contributed by atoms with Crippen LogP contribution in [0.25, 0.3) is 11.3 Å². The van der Waals surface area contributed by atoms with Gasteiger partial charge < -0.3 is 19.3 Å². The maximum Gasteiger partial charge on any atom is 0.172 e. The highest BCUT2D eigenvalue weighted by atomic mass is 16.5. The average Bonchev–Trinajstić information content (AvgIpc) is 2.64. The smallest absolute Gasteiger partial charge is 0.172 e. The topological polar surface area (TPSA) is 73.7 Å². The SMILES string of the molecule is CCOc1ccc(-c2ncncc2Oc2ccc(OC)cc2)c(O)c1. The van der Waals surface area contributed by atoms with E-state index in [1.165, 1.54) is 6.33 Å². The Labute approximate surface area is 145 Å². The van der Waals surface area contributed by atoms with Crippen molar-refractivity contribution in [3.8, 4) is 40.0 Å². The minimum Gasteiger partial charge on any atom is -0.507 e. The molecule has 1 heterocycles. The van der Waals surface area contributed by atoms with Crippen molar-refractivity contribution < 1.29 is 19.3 Å². The van der Waals surface area contributed by atoms with Gasteiger partial charge in [-0.3, -0.25) is 0 Å². The van der Waals surface area contributed by atoms with Gasteiger partial charge in [0.15, 0.2) is 5.75 Å². The van der Waals surface area contributed by atoms with Crippen LogP contribution in [0.1, 0.15) is 6.92 Å². The van der Waals surface area contributed by atoms with Gasteiger partial charge in [0.1, 0.15) is 35.0 Å². The Morgan fingerprint density at radius 2 is 1.72 bits per heavy atom. The van der Waals surface area contributed by atoms with Crippen LogP contribution in [0.2, 0.25) is 0 Å². The van der Waals surface area contributed by atoms with E-state index in [1.54, 1.807) is 55.8 Å². The van der Waals surface area contributed by atoms with Gasteiger partial charge >= 0.3 is 0 Å². The lowest BCUT2D eigenvalue weighted by Gasteiger charge is -2.12. The third-order valence-corrected chi connectivity index (χ3v) is 3.50. The van der Waals surface area contributed by atoms with Gasteiger partial charge in [0.2, 0.25) is 0 Å². The van der Waals surface area contributed by atoms with E-state index in [4.69, 9.17) is 14.2 Å². The monoisotopic (exact) mass is 338 g/mol. The molecule has 128 valence electrons. The van der Waals surface area contributed by atoms with Crippen LogP contribution in [0.15, 0.2) is 55.0 Å². The highest BCUT2D eigenvalue weighted by Gasteiger charge is 2.14. The number of aromatic hydroxyl groups is 1. The van der Waals surface area contributed by atoms with E-state index in [-0.39, 0.29) is 5.75 Å². The molecule has 25 heavy (non-hydrogen) atoms. The van der Waals surface area contributed by atoms with E-state index in [0.29, 0.717) is 35.1 Å². The number of phenols is 1. The summed E-state index contributed by atoms with van der Waals surface area (Å²) < 4.78 is 16.4. The van der Waals surface area contributed by atoms with Crippen LogP contribution < -0.4 is 14.2 Å². The number of ether oxygens (including phenoxy) is 3. The van der Waals surface area contributed by atoms with Crippen molar-refractivity contribution in [2.24, 2.45) is 0 Å². The molecule has 0 aliphatic heterocycles. The summed E-state index contributed by atoms with van der Waals surface area (Å²) >= 11 is 0. The van der Waals surface area contributed by atoms with Gasteiger partial charge in [0, 0.05) is 11.6 Å². The summed E-state index contributed by atoms with van der Waals surface area (Å²) in [5.74, 6) is 2.44. The predicted molar refractivity (Wildman–Crippen MR) is 93.4 cm³/mol. The molecule has 0 fully saturated rings. The lowest BCUT2D eigenvalue weighted by Crippen LogP contribution is -1.95. The van der Waals surface area contributed by atoms with Gasteiger partial charge in [-0.2, -0.15) is 0 Å². The molecule has 1 aromatic heterocycles. The lowest BCUT2D eigenvalue weighted by atomic mass is 10.1. The summed E-state index contributed by atoms with van der Waals surface area (Å²) in [4.78, 5) is 8.26. The van der Waals surface area contributed by atoms with Crippen LogP contribution in [0.5, 0.6) is 28.7 Å². The summed E-state index contributed by atoms with van der Waals surface area (Å²) in [6.07, 6.45) is 2.97. The molecule has 0 radical (unpaired) electrons. The summed E-state index contributed by atoms with van der Waals surface area (Å²) in [7, 11) is 1.60. The first-order valence-corrected chi connectivity index (χ1v) is 7.79. The molecule has 0 saturated carbocycles. The van der Waals surface area contributed by atoms with Crippen LogP contribution in [0.3, 0.4) is 0 Å². The third kappa shape index (κ3) is 3.80. The van der Waals surface area contributed by atoms with Crippen molar-refractivity contribution in [1.82, 2.24) is 9.97 Å². The van der Waals surface area contributed by atoms with E-state index in [0.717, 1.165) is 5.75 Å². The highest BCUT2D eigenvalue weighted by molar-refractivity contribution is 5.72. The second-order valence-electron chi connectivity index (χ2n) is 5.13. The van der Waals surface area contributed by atoms with E-state index < -0.39 is 0 Å². The zero-order valence-corrected chi connectivity index (χ0v) is 14.0. The van der Waals surface area contributed by atoms with Gasteiger partial charge in [-0.1, -0.05) is 0 Å². The van der Waals surface area contributed by atoms with Gasteiger partial charge in [0.05, 0.1) is 19.9 Å². The van der Waals surface area contributed by atoms with Gasteiger partial charge in [-0.25, -0.2) is 9.97 Å². The van der Waals surface area contributed by atoms with Crippen LogP contribution >= 0.6 is 0 Å². The maximum atomic E-state index is 10.3. The molecule has 0 bridgehead atoms. The molecule has 0 unspecified atom stereocenters. The zero-order chi connectivity index (χ0) is 17.6. The van der Waals surface area contributed by atoms with Crippen molar-refractivity contribution in [3.05, 3.63) is 55.0 Å². The summed E-state index contributed by atoms with van der Waals surface area (Å²) in [6, 6.07) is 12.2. The highest BCUT2D eigenvalue weighted by Crippen LogP contribution is 2.37. The molecular weight excluding hydrogens is 320 g/mol. The molecule has 6 nitrogen and oxygen atoms in total. The molecule has 0 spiro atoms. The fourth-order valence-electron chi connectivity index (χ4n) is 2.33. The number of hydrogen-bond acceptors (Lipinski definition) is 6. The standard InChI is InChI=1S/C19H18N2O4/c1-3-24-15-8-9-16(17(22)10-15)19-18(11-20-12-21-19)25-14-6-4-13(23-2)5-7-14/h4-12,22H,3H2,1-2H3. The van der Waals surface area contributed by atoms with Crippen molar-refractivity contribution in [2.45, 2.75) is 6.92 Å². The molecule has 1 N–H and O–H groups in total. The molecule has 6 heteroatoms. The number of aromatic nitrogens is 2. The Bertz CT molecular complexity index is 850. The maximum absolute atomic E-state index is 10.3. The minimum absolute atomic E-state index is 0.0595. The van der Waals surface area contributed by atoms with Gasteiger partial charge in [-0.15, -0.1) is 0 Å². The second kappa shape index (κ2) is 7.53. The van der Waals surface area contributed by atoms with Gasteiger partial charge in [0.25, 0.3) is 0 Å². The van der Waals surface area contributed by atoms with Crippen LogP contribution in [0, 0.1) is 0 Å². The van der Waals surface area contributed by atoms with Crippen molar-refractivity contribution in [2.75, 3.05) is 13.7 Å². The third-order valence-electron chi connectivity index (χ3n) is 3.50. The summed E-state index contributed by atoms with van der Waals surface area (Å²) in [5, 5.41) is 10.3. The molecule has 2 aromatic carbocycles. The largest absolute Gasteiger partial charge is 0.507 e. The van der Waals surface area contributed by atoms with E-state index in [9.17, 15) is 5.11 Å². The normalized spacial score (nSPS) is 10.3. The molecule has 0 amide bonds.